The fourth-order valence-electron chi connectivity index (χ4n) is 2.63. The number of likely N-dealkylation sites (tertiary alicyclic amines) is 1. The highest BCUT2D eigenvalue weighted by atomic mass is 16.5. The van der Waals surface area contributed by atoms with Crippen LogP contribution in [0.1, 0.15) is 30.5 Å². The highest BCUT2D eigenvalue weighted by molar-refractivity contribution is 5.78. The lowest BCUT2D eigenvalue weighted by Gasteiger charge is -2.23. The molecule has 4 heteroatoms. The average molecular weight is 262 g/mol. The third kappa shape index (κ3) is 3.07. The van der Waals surface area contributed by atoms with E-state index >= 15 is 0 Å². The summed E-state index contributed by atoms with van der Waals surface area (Å²) < 4.78 is 5.35. The van der Waals surface area contributed by atoms with Crippen molar-refractivity contribution in [3.05, 3.63) is 29.3 Å². The molecule has 1 amide bonds. The van der Waals surface area contributed by atoms with Gasteiger partial charge in [-0.1, -0.05) is 24.6 Å². The Labute approximate surface area is 114 Å². The second-order valence-corrected chi connectivity index (χ2v) is 5.46. The Morgan fingerprint density at radius 3 is 2.84 bits per heavy atom. The SMILES string of the molecule is COc1ccc(C)cc1C(N)CN1CC(C)CC1=O. The van der Waals surface area contributed by atoms with Crippen LogP contribution >= 0.6 is 0 Å². The summed E-state index contributed by atoms with van der Waals surface area (Å²) in [6.45, 7) is 5.49. The van der Waals surface area contributed by atoms with Gasteiger partial charge in [-0.2, -0.15) is 0 Å². The molecule has 1 aliphatic heterocycles. The predicted octanol–water partition coefficient (Wildman–Crippen LogP) is 1.87. The van der Waals surface area contributed by atoms with E-state index in [1.165, 1.54) is 0 Å². The van der Waals surface area contributed by atoms with E-state index in [0.717, 1.165) is 23.4 Å². The van der Waals surface area contributed by atoms with Gasteiger partial charge in [0.1, 0.15) is 5.75 Å². The summed E-state index contributed by atoms with van der Waals surface area (Å²) in [6, 6.07) is 5.76. The van der Waals surface area contributed by atoms with Gasteiger partial charge in [0.15, 0.2) is 0 Å². The Hall–Kier alpha value is -1.55. The number of carbonyl (C=O) groups is 1. The number of rotatable bonds is 4. The van der Waals surface area contributed by atoms with Crippen molar-refractivity contribution in [2.45, 2.75) is 26.3 Å². The second kappa shape index (κ2) is 5.61. The quantitative estimate of drug-likeness (QED) is 0.901. The molecule has 104 valence electrons. The maximum absolute atomic E-state index is 11.8. The normalized spacial score (nSPS) is 20.7. The smallest absolute Gasteiger partial charge is 0.222 e. The van der Waals surface area contributed by atoms with Gasteiger partial charge in [-0.25, -0.2) is 0 Å². The van der Waals surface area contributed by atoms with Gasteiger partial charge in [0, 0.05) is 25.1 Å². The van der Waals surface area contributed by atoms with E-state index in [-0.39, 0.29) is 11.9 Å². The van der Waals surface area contributed by atoms with Gasteiger partial charge in [0.25, 0.3) is 0 Å². The molecule has 1 aliphatic rings. The van der Waals surface area contributed by atoms with Crippen molar-refractivity contribution in [3.63, 3.8) is 0 Å². The van der Waals surface area contributed by atoms with E-state index < -0.39 is 0 Å². The average Bonchev–Trinajstić information content (AvgIpc) is 2.67. The van der Waals surface area contributed by atoms with Crippen molar-refractivity contribution >= 4 is 5.91 Å². The standard InChI is InChI=1S/C15H22N2O2/c1-10-4-5-14(19-3)12(6-10)13(16)9-17-8-11(2)7-15(17)18/h4-6,11,13H,7-9,16H2,1-3H3. The Morgan fingerprint density at radius 2 is 2.26 bits per heavy atom. The molecule has 19 heavy (non-hydrogen) atoms. The van der Waals surface area contributed by atoms with Crippen molar-refractivity contribution in [1.82, 2.24) is 4.90 Å². The van der Waals surface area contributed by atoms with Gasteiger partial charge >= 0.3 is 0 Å². The number of amides is 1. The summed E-state index contributed by atoms with van der Waals surface area (Å²) in [4.78, 5) is 13.7. The second-order valence-electron chi connectivity index (χ2n) is 5.46. The fourth-order valence-corrected chi connectivity index (χ4v) is 2.63. The minimum Gasteiger partial charge on any atom is -0.496 e. The Morgan fingerprint density at radius 1 is 1.53 bits per heavy atom. The number of benzene rings is 1. The van der Waals surface area contributed by atoms with E-state index in [4.69, 9.17) is 10.5 Å². The number of carbonyl (C=O) groups excluding carboxylic acids is 1. The molecule has 1 fully saturated rings. The van der Waals surface area contributed by atoms with Crippen molar-refractivity contribution in [3.8, 4) is 5.75 Å². The number of hydrogen-bond acceptors (Lipinski definition) is 3. The van der Waals surface area contributed by atoms with E-state index in [9.17, 15) is 4.79 Å². The van der Waals surface area contributed by atoms with Crippen molar-refractivity contribution in [2.24, 2.45) is 11.7 Å². The minimum atomic E-state index is -0.205. The molecule has 2 unspecified atom stereocenters. The lowest BCUT2D eigenvalue weighted by Crippen LogP contribution is -2.33. The molecule has 1 saturated heterocycles. The molecule has 0 bridgehead atoms. The number of nitrogens with zero attached hydrogens (tertiary/aromatic N) is 1. The zero-order valence-electron chi connectivity index (χ0n) is 11.8. The van der Waals surface area contributed by atoms with Gasteiger partial charge in [-0.3, -0.25) is 4.79 Å². The Balaban J connectivity index is 2.13. The molecule has 4 nitrogen and oxygen atoms in total. The van der Waals surface area contributed by atoms with Crippen molar-refractivity contribution in [2.75, 3.05) is 20.2 Å². The van der Waals surface area contributed by atoms with Gasteiger partial charge in [-0.05, 0) is 18.9 Å². The molecule has 1 aromatic carbocycles. The zero-order valence-corrected chi connectivity index (χ0v) is 11.8. The molecule has 2 N–H and O–H groups in total. The number of methoxy groups -OCH3 is 1. The van der Waals surface area contributed by atoms with E-state index in [2.05, 4.69) is 6.92 Å². The summed E-state index contributed by atoms with van der Waals surface area (Å²) in [5, 5.41) is 0. The molecule has 2 atom stereocenters. The first kappa shape index (κ1) is 13.9. The van der Waals surface area contributed by atoms with Crippen LogP contribution in [-0.2, 0) is 4.79 Å². The van der Waals surface area contributed by atoms with Crippen LogP contribution in [0.15, 0.2) is 18.2 Å². The van der Waals surface area contributed by atoms with E-state index in [1.54, 1.807) is 7.11 Å². The molecule has 2 rings (SSSR count). The molecule has 0 radical (unpaired) electrons. The number of hydrogen-bond donors (Lipinski definition) is 1. The van der Waals surface area contributed by atoms with Crippen LogP contribution in [0.5, 0.6) is 5.75 Å². The highest BCUT2D eigenvalue weighted by Crippen LogP contribution is 2.27. The predicted molar refractivity (Wildman–Crippen MR) is 75.0 cm³/mol. The Kier molecular flexibility index (Phi) is 4.10. The number of nitrogens with two attached hydrogens (primary N) is 1. The lowest BCUT2D eigenvalue weighted by molar-refractivity contribution is -0.127. The maximum Gasteiger partial charge on any atom is 0.222 e. The summed E-state index contributed by atoms with van der Waals surface area (Å²) in [5.74, 6) is 1.42. The van der Waals surface area contributed by atoms with Crippen LogP contribution in [-0.4, -0.2) is 31.0 Å². The number of ether oxygens (including phenoxy) is 1. The summed E-state index contributed by atoms with van der Waals surface area (Å²) in [7, 11) is 1.64. The summed E-state index contributed by atoms with van der Waals surface area (Å²) >= 11 is 0. The van der Waals surface area contributed by atoms with E-state index in [1.807, 2.05) is 30.0 Å². The van der Waals surface area contributed by atoms with Crippen molar-refractivity contribution < 1.29 is 9.53 Å². The van der Waals surface area contributed by atoms with Gasteiger partial charge < -0.3 is 15.4 Å². The molecule has 0 saturated carbocycles. The first-order valence-electron chi connectivity index (χ1n) is 6.69. The minimum absolute atomic E-state index is 0.203. The molecule has 0 aromatic heterocycles. The molecule has 0 spiro atoms. The topological polar surface area (TPSA) is 55.6 Å². The summed E-state index contributed by atoms with van der Waals surface area (Å²) in [5.41, 5.74) is 8.37. The third-order valence-electron chi connectivity index (χ3n) is 3.61. The van der Waals surface area contributed by atoms with Crippen LogP contribution in [0.3, 0.4) is 0 Å². The highest BCUT2D eigenvalue weighted by Gasteiger charge is 2.28. The Bertz CT molecular complexity index is 473. The fraction of sp³-hybridized carbons (Fsp3) is 0.533. The van der Waals surface area contributed by atoms with Crippen LogP contribution in [0.4, 0.5) is 0 Å². The van der Waals surface area contributed by atoms with Crippen LogP contribution in [0.25, 0.3) is 0 Å². The molecule has 1 heterocycles. The molecular weight excluding hydrogens is 240 g/mol. The maximum atomic E-state index is 11.8. The molecule has 1 aromatic rings. The van der Waals surface area contributed by atoms with Crippen LogP contribution in [0, 0.1) is 12.8 Å². The largest absolute Gasteiger partial charge is 0.496 e. The van der Waals surface area contributed by atoms with Crippen LogP contribution in [0.2, 0.25) is 0 Å². The van der Waals surface area contributed by atoms with E-state index in [0.29, 0.717) is 18.9 Å². The first-order valence-corrected chi connectivity index (χ1v) is 6.69. The van der Waals surface area contributed by atoms with Gasteiger partial charge in [-0.15, -0.1) is 0 Å². The first-order chi connectivity index (χ1) is 9.01. The molecule has 0 aliphatic carbocycles. The van der Waals surface area contributed by atoms with Crippen molar-refractivity contribution in [1.29, 1.82) is 0 Å². The number of aryl methyl sites for hydroxylation is 1. The summed E-state index contributed by atoms with van der Waals surface area (Å²) in [6.07, 6.45) is 0.637. The monoisotopic (exact) mass is 262 g/mol. The van der Waals surface area contributed by atoms with Gasteiger partial charge in [0.05, 0.1) is 13.2 Å². The third-order valence-corrected chi connectivity index (χ3v) is 3.61. The molecular formula is C15H22N2O2. The van der Waals surface area contributed by atoms with Crippen LogP contribution < -0.4 is 10.5 Å². The van der Waals surface area contributed by atoms with Gasteiger partial charge in [0.2, 0.25) is 5.91 Å². The zero-order chi connectivity index (χ0) is 14.0. The lowest BCUT2D eigenvalue weighted by atomic mass is 10.0.